The minimum Gasteiger partial charge on any atom is -0.461 e. The maximum absolute atomic E-state index is 13.4. The Bertz CT molecular complexity index is 1150. The monoisotopic (exact) mass is 532 g/mol. The van der Waals surface area contributed by atoms with Crippen LogP contribution in [-0.2, 0) is 38.5 Å². The molecule has 2 aliphatic heterocycles. The molecule has 7 heteroatoms. The molecule has 4 atom stereocenters. The molecule has 0 radical (unpaired) electrons. The summed E-state index contributed by atoms with van der Waals surface area (Å²) in [6.07, 6.45) is 7.61. The zero-order valence-electron chi connectivity index (χ0n) is 22.8. The van der Waals surface area contributed by atoms with E-state index in [1.807, 2.05) is 66.7 Å². The molecule has 208 valence electrons. The number of aliphatic hydroxyl groups excluding tert-OH is 1. The Morgan fingerprint density at radius 3 is 2.54 bits per heavy atom. The van der Waals surface area contributed by atoms with Crippen molar-refractivity contribution in [1.82, 2.24) is 10.2 Å². The number of nitrogens with zero attached hydrogens (tertiary/aromatic N) is 1. The zero-order chi connectivity index (χ0) is 27.6. The van der Waals surface area contributed by atoms with Crippen LogP contribution in [0.1, 0.15) is 55.7 Å². The summed E-state index contributed by atoms with van der Waals surface area (Å²) in [5.41, 5.74) is 3.33. The summed E-state index contributed by atoms with van der Waals surface area (Å²) in [4.78, 5) is 41.3. The second-order valence-corrected chi connectivity index (χ2v) is 10.7. The van der Waals surface area contributed by atoms with Gasteiger partial charge in [-0.1, -0.05) is 66.7 Å². The number of amides is 2. The van der Waals surface area contributed by atoms with E-state index in [1.165, 1.54) is 0 Å². The highest BCUT2D eigenvalue weighted by atomic mass is 16.5. The number of aliphatic hydroxyl groups is 1. The number of fused-ring (bicyclic) bond motifs is 1. The number of esters is 1. The fourth-order valence-corrected chi connectivity index (χ4v) is 5.44. The number of allylic oxidation sites excluding steroid dienone is 2. The van der Waals surface area contributed by atoms with Gasteiger partial charge >= 0.3 is 5.97 Å². The van der Waals surface area contributed by atoms with Gasteiger partial charge < -0.3 is 20.1 Å². The first-order valence-electron chi connectivity index (χ1n) is 14.1. The summed E-state index contributed by atoms with van der Waals surface area (Å²) in [6, 6.07) is 17.6. The van der Waals surface area contributed by atoms with Crippen molar-refractivity contribution in [2.75, 3.05) is 13.2 Å². The number of ether oxygens (including phenoxy) is 1. The Balaban J connectivity index is 1.41. The second kappa shape index (κ2) is 14.1. The molecule has 0 aliphatic carbocycles. The van der Waals surface area contributed by atoms with Crippen LogP contribution < -0.4 is 5.32 Å². The van der Waals surface area contributed by atoms with E-state index in [1.54, 1.807) is 11.8 Å². The van der Waals surface area contributed by atoms with Crippen LogP contribution in [0.2, 0.25) is 0 Å². The number of hydrogen-bond donors (Lipinski definition) is 2. The Morgan fingerprint density at radius 1 is 1.03 bits per heavy atom. The molecule has 2 heterocycles. The molecule has 2 amide bonds. The third kappa shape index (κ3) is 8.02. The van der Waals surface area contributed by atoms with Gasteiger partial charge in [-0.15, -0.1) is 0 Å². The number of rotatable bonds is 5. The zero-order valence-corrected chi connectivity index (χ0v) is 22.8. The molecule has 2 aliphatic rings. The van der Waals surface area contributed by atoms with E-state index in [0.717, 1.165) is 36.0 Å². The molecule has 0 saturated carbocycles. The van der Waals surface area contributed by atoms with Crippen molar-refractivity contribution >= 4 is 17.8 Å². The summed E-state index contributed by atoms with van der Waals surface area (Å²) in [6.45, 7) is 2.28. The van der Waals surface area contributed by atoms with Gasteiger partial charge in [0.25, 0.3) is 0 Å². The van der Waals surface area contributed by atoms with E-state index < -0.39 is 12.0 Å². The van der Waals surface area contributed by atoms with E-state index in [2.05, 4.69) is 5.32 Å². The average Bonchev–Trinajstić information content (AvgIpc) is 2.95. The van der Waals surface area contributed by atoms with Crippen LogP contribution in [0.4, 0.5) is 0 Å². The number of benzene rings is 2. The summed E-state index contributed by atoms with van der Waals surface area (Å²) < 4.78 is 5.73. The Labute approximate surface area is 231 Å². The Morgan fingerprint density at radius 2 is 1.77 bits per heavy atom. The molecular formula is C32H40N2O5. The highest BCUT2D eigenvalue weighted by Crippen LogP contribution is 2.26. The lowest BCUT2D eigenvalue weighted by Gasteiger charge is -2.36. The summed E-state index contributed by atoms with van der Waals surface area (Å²) >= 11 is 0. The first-order chi connectivity index (χ1) is 18.9. The van der Waals surface area contributed by atoms with Crippen LogP contribution in [0, 0.1) is 11.8 Å². The van der Waals surface area contributed by atoms with Crippen LogP contribution in [0.15, 0.2) is 66.7 Å². The SMILES string of the molecule is C[C@H]1CNC(=O)[C@@H](CC(=O)N2Cc3ccccc3C[C@H]2CO)CC=CCCC[C@H](Cc2ccccc2)C(=O)O1. The van der Waals surface area contributed by atoms with Gasteiger partial charge in [0, 0.05) is 13.0 Å². The van der Waals surface area contributed by atoms with Crippen molar-refractivity contribution in [3.63, 3.8) is 0 Å². The first-order valence-corrected chi connectivity index (χ1v) is 14.1. The van der Waals surface area contributed by atoms with Crippen LogP contribution >= 0.6 is 0 Å². The predicted molar refractivity (Wildman–Crippen MR) is 149 cm³/mol. The van der Waals surface area contributed by atoms with Crippen LogP contribution in [0.25, 0.3) is 0 Å². The van der Waals surface area contributed by atoms with Gasteiger partial charge in [-0.3, -0.25) is 14.4 Å². The molecule has 0 saturated heterocycles. The van der Waals surface area contributed by atoms with E-state index in [0.29, 0.717) is 25.8 Å². The topological polar surface area (TPSA) is 95.9 Å². The lowest BCUT2D eigenvalue weighted by atomic mass is 9.92. The third-order valence-electron chi connectivity index (χ3n) is 7.73. The van der Waals surface area contributed by atoms with Crippen molar-refractivity contribution < 1.29 is 24.2 Å². The molecule has 2 aromatic rings. The molecule has 0 aromatic heterocycles. The van der Waals surface area contributed by atoms with Gasteiger partial charge in [-0.05, 0) is 62.1 Å². The normalized spacial score (nSPS) is 24.7. The Kier molecular flexibility index (Phi) is 10.3. The molecule has 0 unspecified atom stereocenters. The van der Waals surface area contributed by atoms with Crippen molar-refractivity contribution in [3.05, 3.63) is 83.4 Å². The standard InChI is InChI=1S/C32H40N2O5/c1-23-20-33-31(37)26(19-30(36)34-21-28-16-10-9-13-25(28)18-29(34)22-35)14-7-2-3-8-15-27(32(38)39-23)17-24-11-5-4-6-12-24/h2,4-7,9-13,16,23,26-27,29,35H,3,8,14-15,17-22H2,1H3,(H,33,37)/t23-,26+,27+,29-/m0/s1. The van der Waals surface area contributed by atoms with Crippen molar-refractivity contribution in [3.8, 4) is 0 Å². The maximum Gasteiger partial charge on any atom is 0.309 e. The van der Waals surface area contributed by atoms with E-state index in [-0.39, 0.29) is 49.3 Å². The summed E-state index contributed by atoms with van der Waals surface area (Å²) in [7, 11) is 0. The van der Waals surface area contributed by atoms with Gasteiger partial charge in [0.15, 0.2) is 0 Å². The van der Waals surface area contributed by atoms with Gasteiger partial charge in [-0.25, -0.2) is 0 Å². The molecule has 39 heavy (non-hydrogen) atoms. The fourth-order valence-electron chi connectivity index (χ4n) is 5.44. The van der Waals surface area contributed by atoms with Crippen LogP contribution in [0.3, 0.4) is 0 Å². The van der Waals surface area contributed by atoms with Gasteiger partial charge in [0.1, 0.15) is 6.10 Å². The maximum atomic E-state index is 13.4. The number of nitrogens with one attached hydrogen (secondary N) is 1. The van der Waals surface area contributed by atoms with Gasteiger partial charge in [0.2, 0.25) is 11.8 Å². The minimum absolute atomic E-state index is 0.0577. The lowest BCUT2D eigenvalue weighted by molar-refractivity contribution is -0.153. The summed E-state index contributed by atoms with van der Waals surface area (Å²) in [5, 5.41) is 12.9. The van der Waals surface area contributed by atoms with Gasteiger partial charge in [0.05, 0.1) is 31.0 Å². The van der Waals surface area contributed by atoms with E-state index in [9.17, 15) is 19.5 Å². The van der Waals surface area contributed by atoms with Crippen LogP contribution in [-0.4, -0.2) is 53.1 Å². The third-order valence-corrected chi connectivity index (χ3v) is 7.73. The molecule has 0 fully saturated rings. The average molecular weight is 533 g/mol. The number of carbonyl (C=O) groups is 3. The molecule has 2 N–H and O–H groups in total. The largest absolute Gasteiger partial charge is 0.461 e. The summed E-state index contributed by atoms with van der Waals surface area (Å²) in [5.74, 6) is -1.38. The lowest BCUT2D eigenvalue weighted by Crippen LogP contribution is -2.47. The molecule has 7 nitrogen and oxygen atoms in total. The van der Waals surface area contributed by atoms with Crippen molar-refractivity contribution in [2.24, 2.45) is 11.8 Å². The van der Waals surface area contributed by atoms with E-state index >= 15 is 0 Å². The van der Waals surface area contributed by atoms with Crippen molar-refractivity contribution in [1.29, 1.82) is 0 Å². The molecule has 4 rings (SSSR count). The molecular weight excluding hydrogens is 492 g/mol. The smallest absolute Gasteiger partial charge is 0.309 e. The molecule has 0 bridgehead atoms. The number of cyclic esters (lactones) is 1. The highest BCUT2D eigenvalue weighted by Gasteiger charge is 2.32. The first kappa shape index (κ1) is 28.6. The van der Waals surface area contributed by atoms with Crippen molar-refractivity contribution in [2.45, 2.75) is 70.6 Å². The molecule has 2 aromatic carbocycles. The second-order valence-electron chi connectivity index (χ2n) is 10.7. The van der Waals surface area contributed by atoms with Gasteiger partial charge in [-0.2, -0.15) is 0 Å². The quantitative estimate of drug-likeness (QED) is 0.449. The number of carbonyl (C=O) groups excluding carboxylic acids is 3. The minimum atomic E-state index is -0.540. The van der Waals surface area contributed by atoms with Crippen LogP contribution in [0.5, 0.6) is 0 Å². The highest BCUT2D eigenvalue weighted by molar-refractivity contribution is 5.86. The fraction of sp³-hybridized carbons (Fsp3) is 0.469. The predicted octanol–water partition coefficient (Wildman–Crippen LogP) is 3.98. The Hall–Kier alpha value is -3.45. The molecule has 0 spiro atoms. The van der Waals surface area contributed by atoms with E-state index in [4.69, 9.17) is 4.74 Å². The number of hydrogen-bond acceptors (Lipinski definition) is 5.